The van der Waals surface area contributed by atoms with Crippen molar-refractivity contribution in [2.75, 3.05) is 26.2 Å². The number of amides is 1. The van der Waals surface area contributed by atoms with Crippen molar-refractivity contribution in [2.24, 2.45) is 0 Å². The molecule has 1 aliphatic rings. The summed E-state index contributed by atoms with van der Waals surface area (Å²) < 4.78 is 5.99. The predicted octanol–water partition coefficient (Wildman–Crippen LogP) is 4.04. The van der Waals surface area contributed by atoms with Crippen LogP contribution in [0.5, 0.6) is 0 Å². The Morgan fingerprint density at radius 1 is 1.23 bits per heavy atom. The van der Waals surface area contributed by atoms with Crippen LogP contribution in [-0.2, 0) is 0 Å². The highest BCUT2D eigenvalue weighted by Gasteiger charge is 2.42. The zero-order valence-electron chi connectivity index (χ0n) is 17.3. The molecule has 0 N–H and O–H groups in total. The molecule has 0 fully saturated rings. The maximum Gasteiger partial charge on any atom is 0.290 e. The number of pyridine rings is 1. The van der Waals surface area contributed by atoms with Gasteiger partial charge in [-0.15, -0.1) is 0 Å². The van der Waals surface area contributed by atoms with Gasteiger partial charge in [-0.2, -0.15) is 0 Å². The van der Waals surface area contributed by atoms with E-state index in [-0.39, 0.29) is 17.1 Å². The summed E-state index contributed by atoms with van der Waals surface area (Å²) in [5.74, 6) is -0.153. The largest absolute Gasteiger partial charge is 0.450 e. The number of halogens is 1. The number of hydrogen-bond donors (Lipinski definition) is 0. The van der Waals surface area contributed by atoms with Gasteiger partial charge in [-0.3, -0.25) is 14.6 Å². The maximum absolute atomic E-state index is 13.5. The summed E-state index contributed by atoms with van der Waals surface area (Å²) in [6.07, 6.45) is 3.37. The van der Waals surface area contributed by atoms with E-state index >= 15 is 0 Å². The van der Waals surface area contributed by atoms with Crippen molar-refractivity contribution in [1.82, 2.24) is 14.8 Å². The first-order valence-corrected chi connectivity index (χ1v) is 10.5. The van der Waals surface area contributed by atoms with Crippen molar-refractivity contribution in [1.29, 1.82) is 0 Å². The Morgan fingerprint density at radius 3 is 2.67 bits per heavy atom. The molecule has 0 spiro atoms. The van der Waals surface area contributed by atoms with Crippen molar-refractivity contribution in [3.05, 3.63) is 74.4 Å². The fourth-order valence-electron chi connectivity index (χ4n) is 4.04. The summed E-state index contributed by atoms with van der Waals surface area (Å²) in [5, 5.41) is 0.882. The molecule has 30 heavy (non-hydrogen) atoms. The molecular formula is C23H24ClN3O3. The Hall–Kier alpha value is -2.70. The zero-order chi connectivity index (χ0) is 21.4. The third-order valence-corrected chi connectivity index (χ3v) is 6.21. The number of carbonyl (C=O) groups is 1. The van der Waals surface area contributed by atoms with E-state index in [1.165, 1.54) is 0 Å². The highest BCUT2D eigenvalue weighted by atomic mass is 35.5. The van der Waals surface area contributed by atoms with Gasteiger partial charge in [0.15, 0.2) is 5.43 Å². The Balaban J connectivity index is 1.89. The van der Waals surface area contributed by atoms with Gasteiger partial charge in [0.05, 0.1) is 17.0 Å². The molecule has 1 amide bonds. The minimum Gasteiger partial charge on any atom is -0.450 e. The Labute approximate surface area is 180 Å². The Kier molecular flexibility index (Phi) is 5.62. The summed E-state index contributed by atoms with van der Waals surface area (Å²) in [6.45, 7) is 9.00. The van der Waals surface area contributed by atoms with E-state index in [0.29, 0.717) is 34.6 Å². The summed E-state index contributed by atoms with van der Waals surface area (Å²) in [4.78, 5) is 35.0. The number of rotatable bonds is 6. The van der Waals surface area contributed by atoms with Crippen LogP contribution in [0.25, 0.3) is 11.0 Å². The summed E-state index contributed by atoms with van der Waals surface area (Å²) in [6, 6.07) is 6.50. The minimum atomic E-state index is -0.530. The molecule has 3 aromatic rings. The Morgan fingerprint density at radius 2 is 2.00 bits per heavy atom. The lowest BCUT2D eigenvalue weighted by molar-refractivity contribution is 0.0708. The fraction of sp³-hybridized carbons (Fsp3) is 0.348. The fourth-order valence-corrected chi connectivity index (χ4v) is 4.21. The van der Waals surface area contributed by atoms with Crippen LogP contribution in [0, 0.1) is 6.92 Å². The molecule has 0 radical (unpaired) electrons. The van der Waals surface area contributed by atoms with Gasteiger partial charge < -0.3 is 14.2 Å². The SMILES string of the molecule is CCN(CC)CCN1C(=O)c2oc3cc(C)c(Cl)cc3c(=O)c2C1c1cccnc1. The molecule has 0 saturated carbocycles. The zero-order valence-corrected chi connectivity index (χ0v) is 18.1. The lowest BCUT2D eigenvalue weighted by atomic mass is 9.99. The molecule has 2 aromatic heterocycles. The van der Waals surface area contributed by atoms with Crippen molar-refractivity contribution in [3.63, 3.8) is 0 Å². The molecule has 0 aliphatic carbocycles. The third-order valence-electron chi connectivity index (χ3n) is 5.80. The van der Waals surface area contributed by atoms with E-state index < -0.39 is 6.04 Å². The van der Waals surface area contributed by atoms with Crippen LogP contribution in [-0.4, -0.2) is 46.9 Å². The van der Waals surface area contributed by atoms with Gasteiger partial charge in [0.1, 0.15) is 5.58 Å². The second kappa shape index (κ2) is 8.20. The van der Waals surface area contributed by atoms with Crippen LogP contribution in [0.4, 0.5) is 0 Å². The predicted molar refractivity (Wildman–Crippen MR) is 117 cm³/mol. The molecule has 1 unspecified atom stereocenters. The van der Waals surface area contributed by atoms with Crippen molar-refractivity contribution in [2.45, 2.75) is 26.8 Å². The molecule has 7 heteroatoms. The maximum atomic E-state index is 13.5. The first-order chi connectivity index (χ1) is 14.5. The number of hydrogen-bond acceptors (Lipinski definition) is 5. The normalized spacial score (nSPS) is 16.0. The van der Waals surface area contributed by atoms with E-state index in [4.69, 9.17) is 16.0 Å². The second-order valence-corrected chi connectivity index (χ2v) is 7.89. The molecule has 1 atom stereocenters. The first kappa shape index (κ1) is 20.6. The van der Waals surface area contributed by atoms with Gasteiger partial charge in [-0.25, -0.2) is 0 Å². The summed E-state index contributed by atoms with van der Waals surface area (Å²) in [5.41, 5.74) is 2.10. The van der Waals surface area contributed by atoms with E-state index in [1.807, 2.05) is 19.1 Å². The number of fused-ring (bicyclic) bond motifs is 2. The van der Waals surface area contributed by atoms with Gasteiger partial charge >= 0.3 is 0 Å². The highest BCUT2D eigenvalue weighted by Crippen LogP contribution is 2.38. The van der Waals surface area contributed by atoms with Crippen molar-refractivity contribution < 1.29 is 9.21 Å². The lowest BCUT2D eigenvalue weighted by Gasteiger charge is -2.27. The van der Waals surface area contributed by atoms with Crippen LogP contribution in [0.3, 0.4) is 0 Å². The third kappa shape index (κ3) is 3.40. The molecular weight excluding hydrogens is 402 g/mol. The van der Waals surface area contributed by atoms with Gasteiger partial charge in [-0.05, 0) is 49.3 Å². The van der Waals surface area contributed by atoms with E-state index in [0.717, 1.165) is 24.2 Å². The second-order valence-electron chi connectivity index (χ2n) is 7.49. The minimum absolute atomic E-state index is 0.114. The van der Waals surface area contributed by atoms with E-state index in [2.05, 4.69) is 23.7 Å². The average molecular weight is 426 g/mol. The Bertz CT molecular complexity index is 1160. The van der Waals surface area contributed by atoms with Crippen LogP contribution in [0.1, 0.15) is 47.1 Å². The van der Waals surface area contributed by atoms with Crippen LogP contribution in [0.15, 0.2) is 45.9 Å². The van der Waals surface area contributed by atoms with Gasteiger partial charge in [0.25, 0.3) is 5.91 Å². The van der Waals surface area contributed by atoms with Gasteiger partial charge in [0.2, 0.25) is 5.76 Å². The molecule has 3 heterocycles. The highest BCUT2D eigenvalue weighted by molar-refractivity contribution is 6.32. The molecule has 0 bridgehead atoms. The monoisotopic (exact) mass is 425 g/mol. The topological polar surface area (TPSA) is 66.7 Å². The molecule has 4 rings (SSSR count). The quantitative estimate of drug-likeness (QED) is 0.596. The molecule has 0 saturated heterocycles. The number of aromatic nitrogens is 1. The molecule has 6 nitrogen and oxygen atoms in total. The van der Waals surface area contributed by atoms with Crippen LogP contribution in [0.2, 0.25) is 5.02 Å². The first-order valence-electron chi connectivity index (χ1n) is 10.2. The number of benzene rings is 1. The number of likely N-dealkylation sites (N-methyl/N-ethyl adjacent to an activating group) is 1. The summed E-state index contributed by atoms with van der Waals surface area (Å²) in [7, 11) is 0. The average Bonchev–Trinajstić information content (AvgIpc) is 3.03. The van der Waals surface area contributed by atoms with Crippen LogP contribution >= 0.6 is 11.6 Å². The van der Waals surface area contributed by atoms with E-state index in [1.54, 1.807) is 29.4 Å². The smallest absolute Gasteiger partial charge is 0.290 e. The van der Waals surface area contributed by atoms with Gasteiger partial charge in [0, 0.05) is 30.5 Å². The van der Waals surface area contributed by atoms with Crippen LogP contribution < -0.4 is 5.43 Å². The number of aryl methyl sites for hydroxylation is 1. The van der Waals surface area contributed by atoms with Crippen molar-refractivity contribution in [3.8, 4) is 0 Å². The van der Waals surface area contributed by atoms with E-state index in [9.17, 15) is 9.59 Å². The summed E-state index contributed by atoms with van der Waals surface area (Å²) >= 11 is 6.26. The number of carbonyl (C=O) groups excluding carboxylic acids is 1. The number of nitrogens with zero attached hydrogens (tertiary/aromatic N) is 3. The van der Waals surface area contributed by atoms with Crippen molar-refractivity contribution >= 4 is 28.5 Å². The molecule has 1 aromatic carbocycles. The lowest BCUT2D eigenvalue weighted by Crippen LogP contribution is -2.37. The van der Waals surface area contributed by atoms with Gasteiger partial charge in [-0.1, -0.05) is 31.5 Å². The standard InChI is InChI=1S/C23H24ClN3O3/c1-4-26(5-2)9-10-27-20(15-7-6-8-25-13-15)19-21(28)16-12-17(24)14(3)11-18(16)30-22(19)23(27)29/h6-8,11-13,20H,4-5,9-10H2,1-3H3. The molecule has 1 aliphatic heterocycles. The molecule has 156 valence electrons.